The second-order valence-electron chi connectivity index (χ2n) is 6.07. The van der Waals surface area contributed by atoms with Crippen LogP contribution < -0.4 is 9.47 Å². The first-order valence-corrected chi connectivity index (χ1v) is 9.09. The molecule has 0 atom stereocenters. The van der Waals surface area contributed by atoms with Crippen LogP contribution in [-0.2, 0) is 6.61 Å². The van der Waals surface area contributed by atoms with Crippen LogP contribution in [0.5, 0.6) is 11.5 Å². The smallest absolute Gasteiger partial charge is 0.231 e. The molecule has 0 N–H and O–H groups in total. The van der Waals surface area contributed by atoms with Gasteiger partial charge in [-0.2, -0.15) is 0 Å². The highest BCUT2D eigenvalue weighted by Gasteiger charge is 2.27. The minimum atomic E-state index is -0.304. The summed E-state index contributed by atoms with van der Waals surface area (Å²) in [5.41, 5.74) is 2.09. The maximum Gasteiger partial charge on any atom is 0.231 e. The number of halogens is 2. The lowest BCUT2D eigenvalue weighted by Gasteiger charge is -2.07. The largest absolute Gasteiger partial charge is 0.489 e. The number of allylic oxidation sites excluding steroid dienone is 1. The van der Waals surface area contributed by atoms with E-state index in [1.165, 1.54) is 12.1 Å². The van der Waals surface area contributed by atoms with E-state index in [0.29, 0.717) is 17.1 Å². The van der Waals surface area contributed by atoms with Crippen LogP contribution in [0.3, 0.4) is 0 Å². The molecule has 0 aliphatic carbocycles. The summed E-state index contributed by atoms with van der Waals surface area (Å²) in [4.78, 5) is 12.5. The molecule has 4 rings (SSSR count). The molecule has 0 radical (unpaired) electrons. The molecule has 3 aromatic rings. The maximum atomic E-state index is 13.2. The molecule has 0 bridgehead atoms. The molecule has 0 fully saturated rings. The van der Waals surface area contributed by atoms with Gasteiger partial charge in [0, 0.05) is 10.5 Å². The molecule has 134 valence electrons. The number of fused-ring (bicyclic) bond motifs is 1. The fourth-order valence-corrected chi connectivity index (χ4v) is 3.03. The average Bonchev–Trinajstić information content (AvgIpc) is 2.97. The van der Waals surface area contributed by atoms with Gasteiger partial charge in [0.1, 0.15) is 23.9 Å². The minimum absolute atomic E-state index is 0.162. The van der Waals surface area contributed by atoms with E-state index < -0.39 is 0 Å². The van der Waals surface area contributed by atoms with E-state index in [-0.39, 0.29) is 24.0 Å². The first-order chi connectivity index (χ1) is 13.1. The van der Waals surface area contributed by atoms with E-state index in [2.05, 4.69) is 15.9 Å². The number of Topliss-reactive ketones (excluding diaryl/α,β-unsaturated/α-hetero) is 1. The highest BCUT2D eigenvalue weighted by atomic mass is 79.9. The lowest BCUT2D eigenvalue weighted by molar-refractivity contribution is 0.101. The molecule has 0 spiro atoms. The Morgan fingerprint density at radius 2 is 1.85 bits per heavy atom. The number of carbonyl (C=O) groups is 1. The van der Waals surface area contributed by atoms with Crippen LogP contribution in [0.2, 0.25) is 0 Å². The molecule has 1 aliphatic rings. The summed E-state index contributed by atoms with van der Waals surface area (Å²) in [6, 6.07) is 18.9. The molecule has 1 heterocycles. The van der Waals surface area contributed by atoms with E-state index in [9.17, 15) is 9.18 Å². The summed E-state index contributed by atoms with van der Waals surface area (Å²) in [7, 11) is 0. The molecule has 5 heteroatoms. The first kappa shape index (κ1) is 17.5. The van der Waals surface area contributed by atoms with Gasteiger partial charge in [-0.15, -0.1) is 0 Å². The molecular weight excluding hydrogens is 411 g/mol. The zero-order valence-corrected chi connectivity index (χ0v) is 15.7. The molecule has 27 heavy (non-hydrogen) atoms. The topological polar surface area (TPSA) is 35.5 Å². The van der Waals surface area contributed by atoms with Crippen LogP contribution in [0.1, 0.15) is 21.5 Å². The Kier molecular flexibility index (Phi) is 4.77. The molecule has 0 saturated carbocycles. The molecule has 0 saturated heterocycles. The van der Waals surface area contributed by atoms with E-state index >= 15 is 0 Å². The second-order valence-corrected chi connectivity index (χ2v) is 6.98. The normalized spacial score (nSPS) is 14.1. The van der Waals surface area contributed by atoms with Crippen LogP contribution in [0.4, 0.5) is 4.39 Å². The Morgan fingerprint density at radius 1 is 1.04 bits per heavy atom. The predicted octanol–water partition coefficient (Wildman–Crippen LogP) is 5.78. The number of hydrogen-bond donors (Lipinski definition) is 0. The molecule has 1 aliphatic heterocycles. The lowest BCUT2D eigenvalue weighted by Crippen LogP contribution is -1.98. The lowest BCUT2D eigenvalue weighted by atomic mass is 10.1. The third-order valence-electron chi connectivity index (χ3n) is 4.10. The summed E-state index contributed by atoms with van der Waals surface area (Å²) < 4.78 is 25.6. The summed E-state index contributed by atoms with van der Waals surface area (Å²) >= 11 is 3.38. The number of ketones is 1. The summed E-state index contributed by atoms with van der Waals surface area (Å²) in [6.07, 6.45) is 1.71. The average molecular weight is 425 g/mol. The van der Waals surface area contributed by atoms with E-state index in [1.54, 1.807) is 36.4 Å². The third kappa shape index (κ3) is 3.93. The summed E-state index contributed by atoms with van der Waals surface area (Å²) in [5, 5.41) is 0. The Bertz CT molecular complexity index is 1040. The van der Waals surface area contributed by atoms with Gasteiger partial charge in [-0.3, -0.25) is 4.79 Å². The fourth-order valence-electron chi connectivity index (χ4n) is 2.76. The first-order valence-electron chi connectivity index (χ1n) is 8.29. The van der Waals surface area contributed by atoms with Crippen molar-refractivity contribution >= 4 is 27.8 Å². The van der Waals surface area contributed by atoms with Gasteiger partial charge in [0.25, 0.3) is 0 Å². The quantitative estimate of drug-likeness (QED) is 0.497. The van der Waals surface area contributed by atoms with Crippen LogP contribution in [-0.4, -0.2) is 5.78 Å². The zero-order chi connectivity index (χ0) is 18.8. The third-order valence-corrected chi connectivity index (χ3v) is 4.63. The van der Waals surface area contributed by atoms with Crippen molar-refractivity contribution in [1.29, 1.82) is 0 Å². The predicted molar refractivity (Wildman–Crippen MR) is 104 cm³/mol. The molecule has 0 amide bonds. The highest BCUT2D eigenvalue weighted by Crippen LogP contribution is 2.35. The van der Waals surface area contributed by atoms with Crippen LogP contribution >= 0.6 is 15.9 Å². The Labute approximate surface area is 164 Å². The number of hydrogen-bond acceptors (Lipinski definition) is 3. The SMILES string of the molecule is O=C1/C(=C/c2ccc(Br)cc2)Oc2cc(OCc3cccc(F)c3)ccc21. The van der Waals surface area contributed by atoms with Crippen molar-refractivity contribution in [1.82, 2.24) is 0 Å². The van der Waals surface area contributed by atoms with Crippen LogP contribution in [0, 0.1) is 5.82 Å². The van der Waals surface area contributed by atoms with Crippen molar-refractivity contribution in [2.24, 2.45) is 0 Å². The maximum absolute atomic E-state index is 13.2. The standard InChI is InChI=1S/C22H14BrFO3/c23-16-6-4-14(5-7-16)11-21-22(25)19-9-8-18(12-20(19)27-21)26-13-15-2-1-3-17(24)10-15/h1-12H,13H2/b21-11-. The van der Waals surface area contributed by atoms with Crippen molar-refractivity contribution in [2.75, 3.05) is 0 Å². The highest BCUT2D eigenvalue weighted by molar-refractivity contribution is 9.10. The van der Waals surface area contributed by atoms with Crippen molar-refractivity contribution in [2.45, 2.75) is 6.61 Å². The molecule has 0 aromatic heterocycles. The number of benzene rings is 3. The Hall–Kier alpha value is -2.92. The van der Waals surface area contributed by atoms with Crippen LogP contribution in [0.25, 0.3) is 6.08 Å². The minimum Gasteiger partial charge on any atom is -0.489 e. The van der Waals surface area contributed by atoms with Crippen molar-refractivity contribution in [3.05, 3.63) is 99.5 Å². The van der Waals surface area contributed by atoms with Crippen LogP contribution in [0.15, 0.2) is 77.0 Å². The van der Waals surface area contributed by atoms with Crippen molar-refractivity contribution in [3.63, 3.8) is 0 Å². The Balaban J connectivity index is 1.51. The van der Waals surface area contributed by atoms with E-state index in [0.717, 1.165) is 15.6 Å². The van der Waals surface area contributed by atoms with E-state index in [1.807, 2.05) is 24.3 Å². The zero-order valence-electron chi connectivity index (χ0n) is 14.1. The summed E-state index contributed by atoms with van der Waals surface area (Å²) in [6.45, 7) is 0.228. The second kappa shape index (κ2) is 7.37. The fraction of sp³-hybridized carbons (Fsp3) is 0.0455. The number of ether oxygens (including phenoxy) is 2. The van der Waals surface area contributed by atoms with Gasteiger partial charge >= 0.3 is 0 Å². The molecular formula is C22H14BrFO3. The number of carbonyl (C=O) groups excluding carboxylic acids is 1. The monoisotopic (exact) mass is 424 g/mol. The Morgan fingerprint density at radius 3 is 2.63 bits per heavy atom. The van der Waals surface area contributed by atoms with Gasteiger partial charge in [-0.25, -0.2) is 4.39 Å². The summed E-state index contributed by atoms with van der Waals surface area (Å²) in [5.74, 6) is 0.816. The van der Waals surface area contributed by atoms with Crippen molar-refractivity contribution < 1.29 is 18.7 Å². The van der Waals surface area contributed by atoms with Gasteiger partial charge in [-0.05, 0) is 53.6 Å². The molecule has 3 nitrogen and oxygen atoms in total. The van der Waals surface area contributed by atoms with Gasteiger partial charge in [0.05, 0.1) is 5.56 Å². The van der Waals surface area contributed by atoms with E-state index in [4.69, 9.17) is 9.47 Å². The van der Waals surface area contributed by atoms with Gasteiger partial charge in [-0.1, -0.05) is 40.2 Å². The van der Waals surface area contributed by atoms with Gasteiger partial charge in [0.15, 0.2) is 5.76 Å². The van der Waals surface area contributed by atoms with Crippen molar-refractivity contribution in [3.8, 4) is 11.5 Å². The number of rotatable bonds is 4. The molecule has 3 aromatic carbocycles. The van der Waals surface area contributed by atoms with Gasteiger partial charge < -0.3 is 9.47 Å². The van der Waals surface area contributed by atoms with Gasteiger partial charge in [0.2, 0.25) is 5.78 Å². The molecule has 0 unspecified atom stereocenters.